The van der Waals surface area contributed by atoms with Crippen LogP contribution < -0.4 is 5.73 Å². The number of carbonyl (C=O) groups is 1. The number of aliphatic carboxylic acids is 1. The average Bonchev–Trinajstić information content (AvgIpc) is 1.87. The minimum Gasteiger partial charge on any atom is -0.481 e. The predicted octanol–water partition coefficient (Wildman–Crippen LogP) is 0.354. The Morgan fingerprint density at radius 1 is 1.80 bits per heavy atom. The third kappa shape index (κ3) is 3.74. The molecule has 4 heteroatoms. The van der Waals surface area contributed by atoms with E-state index in [1.165, 1.54) is 0 Å². The van der Waals surface area contributed by atoms with Gasteiger partial charge in [-0.15, -0.1) is 0 Å². The average molecular weight is 163 g/mol. The lowest BCUT2D eigenvalue weighted by atomic mass is 10.0. The van der Waals surface area contributed by atoms with Crippen molar-refractivity contribution in [3.63, 3.8) is 0 Å². The van der Waals surface area contributed by atoms with Crippen molar-refractivity contribution >= 4 is 18.6 Å². The van der Waals surface area contributed by atoms with Crippen LogP contribution in [0.4, 0.5) is 0 Å². The summed E-state index contributed by atoms with van der Waals surface area (Å²) >= 11 is 3.94. The van der Waals surface area contributed by atoms with Crippen LogP contribution in [-0.4, -0.2) is 22.9 Å². The highest BCUT2D eigenvalue weighted by atomic mass is 32.1. The summed E-state index contributed by atoms with van der Waals surface area (Å²) in [6.07, 6.45) is 0.499. The maximum Gasteiger partial charge on any atom is 0.306 e. The van der Waals surface area contributed by atoms with Crippen LogP contribution in [0.2, 0.25) is 0 Å². The number of carboxylic acid groups (broad SMARTS) is 1. The molecule has 2 unspecified atom stereocenters. The molecule has 60 valence electrons. The summed E-state index contributed by atoms with van der Waals surface area (Å²) < 4.78 is 0. The number of carboxylic acids is 1. The molecule has 0 aromatic rings. The van der Waals surface area contributed by atoms with E-state index in [0.29, 0.717) is 12.2 Å². The first-order valence-corrected chi connectivity index (χ1v) is 3.80. The second-order valence-corrected chi connectivity index (χ2v) is 2.78. The van der Waals surface area contributed by atoms with Gasteiger partial charge in [-0.05, 0) is 6.42 Å². The minimum atomic E-state index is -0.794. The van der Waals surface area contributed by atoms with E-state index in [9.17, 15) is 4.79 Å². The van der Waals surface area contributed by atoms with E-state index >= 15 is 0 Å². The zero-order valence-corrected chi connectivity index (χ0v) is 6.84. The summed E-state index contributed by atoms with van der Waals surface area (Å²) in [6.45, 7) is 1.64. The van der Waals surface area contributed by atoms with Crippen LogP contribution >= 0.6 is 12.6 Å². The van der Waals surface area contributed by atoms with Crippen molar-refractivity contribution in [1.82, 2.24) is 0 Å². The molecular formula is C6H13NO2S. The molecule has 0 spiro atoms. The lowest BCUT2D eigenvalue weighted by Crippen LogP contribution is -2.27. The molecule has 0 aromatic carbocycles. The van der Waals surface area contributed by atoms with Gasteiger partial charge >= 0.3 is 5.97 Å². The highest BCUT2D eigenvalue weighted by molar-refractivity contribution is 7.80. The molecule has 0 radical (unpaired) electrons. The number of rotatable bonds is 4. The lowest BCUT2D eigenvalue weighted by Gasteiger charge is -2.10. The van der Waals surface area contributed by atoms with Gasteiger partial charge in [-0.25, -0.2) is 0 Å². The van der Waals surface area contributed by atoms with Gasteiger partial charge in [0.25, 0.3) is 0 Å². The molecule has 0 aliphatic rings. The monoisotopic (exact) mass is 163 g/mol. The molecule has 3 N–H and O–H groups in total. The van der Waals surface area contributed by atoms with Crippen LogP contribution in [0.15, 0.2) is 0 Å². The molecular weight excluding hydrogens is 150 g/mol. The molecule has 2 atom stereocenters. The van der Waals surface area contributed by atoms with Crippen molar-refractivity contribution in [2.75, 3.05) is 5.75 Å². The summed E-state index contributed by atoms with van der Waals surface area (Å²) in [6, 6.07) is -0.102. The Labute approximate surface area is 66.0 Å². The molecule has 0 fully saturated rings. The maximum atomic E-state index is 10.3. The SMILES string of the molecule is CC(CC(N)CS)C(=O)O. The van der Waals surface area contributed by atoms with Crippen LogP contribution in [0.25, 0.3) is 0 Å². The van der Waals surface area contributed by atoms with Crippen LogP contribution in [0, 0.1) is 5.92 Å². The predicted molar refractivity (Wildman–Crippen MR) is 43.2 cm³/mol. The van der Waals surface area contributed by atoms with Gasteiger partial charge in [0, 0.05) is 11.8 Å². The fraction of sp³-hybridized carbons (Fsp3) is 0.833. The Morgan fingerprint density at radius 3 is 2.60 bits per heavy atom. The van der Waals surface area contributed by atoms with E-state index in [1.807, 2.05) is 0 Å². The van der Waals surface area contributed by atoms with Crippen molar-refractivity contribution < 1.29 is 9.90 Å². The Balaban J connectivity index is 3.56. The fourth-order valence-electron chi connectivity index (χ4n) is 0.629. The molecule has 0 bridgehead atoms. The Bertz CT molecular complexity index is 118. The summed E-state index contributed by atoms with van der Waals surface area (Å²) in [5.74, 6) is -0.614. The molecule has 0 rings (SSSR count). The van der Waals surface area contributed by atoms with Gasteiger partial charge in [0.05, 0.1) is 5.92 Å². The quantitative estimate of drug-likeness (QED) is 0.524. The van der Waals surface area contributed by atoms with E-state index in [1.54, 1.807) is 6.92 Å². The summed E-state index contributed by atoms with van der Waals surface area (Å²) in [5, 5.41) is 8.45. The molecule has 0 aliphatic carbocycles. The van der Waals surface area contributed by atoms with Crippen molar-refractivity contribution in [3.8, 4) is 0 Å². The van der Waals surface area contributed by atoms with E-state index in [2.05, 4.69) is 12.6 Å². The van der Waals surface area contributed by atoms with E-state index in [-0.39, 0.29) is 12.0 Å². The molecule has 10 heavy (non-hydrogen) atoms. The number of hydrogen-bond donors (Lipinski definition) is 3. The smallest absolute Gasteiger partial charge is 0.306 e. The van der Waals surface area contributed by atoms with Crippen LogP contribution in [0.5, 0.6) is 0 Å². The molecule has 3 nitrogen and oxygen atoms in total. The molecule has 0 amide bonds. The molecule has 0 aromatic heterocycles. The maximum absolute atomic E-state index is 10.3. The fourth-order valence-corrected chi connectivity index (χ4v) is 0.779. The first kappa shape index (κ1) is 9.78. The van der Waals surface area contributed by atoms with Gasteiger partial charge in [0.2, 0.25) is 0 Å². The van der Waals surface area contributed by atoms with Crippen LogP contribution in [-0.2, 0) is 4.79 Å². The van der Waals surface area contributed by atoms with Gasteiger partial charge < -0.3 is 10.8 Å². The van der Waals surface area contributed by atoms with Gasteiger partial charge in [-0.2, -0.15) is 12.6 Å². The highest BCUT2D eigenvalue weighted by Gasteiger charge is 2.13. The first-order chi connectivity index (χ1) is 4.57. The van der Waals surface area contributed by atoms with E-state index in [4.69, 9.17) is 10.8 Å². The lowest BCUT2D eigenvalue weighted by molar-refractivity contribution is -0.141. The van der Waals surface area contributed by atoms with E-state index < -0.39 is 5.97 Å². The largest absolute Gasteiger partial charge is 0.481 e. The zero-order valence-electron chi connectivity index (χ0n) is 5.95. The second-order valence-electron chi connectivity index (χ2n) is 2.42. The molecule has 0 saturated heterocycles. The number of nitrogens with two attached hydrogens (primary N) is 1. The summed E-state index contributed by atoms with van der Waals surface area (Å²) in [5.41, 5.74) is 5.47. The Hall–Kier alpha value is -0.220. The van der Waals surface area contributed by atoms with Crippen LogP contribution in [0.3, 0.4) is 0 Å². The Morgan fingerprint density at radius 2 is 2.30 bits per heavy atom. The van der Waals surface area contributed by atoms with Crippen molar-refractivity contribution in [2.45, 2.75) is 19.4 Å². The molecule has 0 saturated carbocycles. The third-order valence-corrected chi connectivity index (χ3v) is 1.78. The third-order valence-electron chi connectivity index (χ3n) is 1.31. The zero-order chi connectivity index (χ0) is 8.15. The Kier molecular flexibility index (Phi) is 4.47. The molecule has 0 aliphatic heterocycles. The number of thiol groups is 1. The van der Waals surface area contributed by atoms with E-state index in [0.717, 1.165) is 0 Å². The minimum absolute atomic E-state index is 0.102. The van der Waals surface area contributed by atoms with Crippen molar-refractivity contribution in [2.24, 2.45) is 11.7 Å². The standard InChI is InChI=1S/C6H13NO2S/c1-4(6(8)9)2-5(7)3-10/h4-5,10H,2-3,7H2,1H3,(H,8,9). The van der Waals surface area contributed by atoms with Gasteiger partial charge in [0.1, 0.15) is 0 Å². The van der Waals surface area contributed by atoms with Gasteiger partial charge in [-0.3, -0.25) is 4.79 Å². The summed E-state index contributed by atoms with van der Waals surface area (Å²) in [4.78, 5) is 10.3. The van der Waals surface area contributed by atoms with Crippen molar-refractivity contribution in [3.05, 3.63) is 0 Å². The summed E-state index contributed by atoms with van der Waals surface area (Å²) in [7, 11) is 0. The first-order valence-electron chi connectivity index (χ1n) is 3.17. The normalized spacial score (nSPS) is 16.3. The highest BCUT2D eigenvalue weighted by Crippen LogP contribution is 2.04. The van der Waals surface area contributed by atoms with Gasteiger partial charge in [0.15, 0.2) is 0 Å². The second kappa shape index (κ2) is 4.57. The van der Waals surface area contributed by atoms with Crippen molar-refractivity contribution in [1.29, 1.82) is 0 Å². The molecule has 0 heterocycles. The topological polar surface area (TPSA) is 63.3 Å². The van der Waals surface area contributed by atoms with Crippen LogP contribution in [0.1, 0.15) is 13.3 Å². The number of hydrogen-bond acceptors (Lipinski definition) is 3. The van der Waals surface area contributed by atoms with Gasteiger partial charge in [-0.1, -0.05) is 6.92 Å².